The smallest absolute Gasteiger partial charge is 0.160 e. The fourth-order valence-electron chi connectivity index (χ4n) is 18.4. The molecule has 0 spiro atoms. The van der Waals surface area contributed by atoms with E-state index in [2.05, 4.69) is 172 Å². The molecule has 8 aromatic rings. The van der Waals surface area contributed by atoms with Crippen molar-refractivity contribution in [3.8, 4) is 0 Å². The number of carbonyl (C=O) groups is 4. The van der Waals surface area contributed by atoms with Crippen LogP contribution in [0.15, 0.2) is 188 Å². The summed E-state index contributed by atoms with van der Waals surface area (Å²) in [7, 11) is 0. The Labute approximate surface area is 572 Å². The molecule has 12 heteroatoms. The minimum atomic E-state index is -0.291. The van der Waals surface area contributed by atoms with E-state index in [0.717, 1.165) is 112 Å². The summed E-state index contributed by atoms with van der Waals surface area (Å²) >= 11 is 6.86. The van der Waals surface area contributed by atoms with E-state index >= 15 is 0 Å². The zero-order valence-electron chi connectivity index (χ0n) is 55.9. The standard InChI is InChI=1S/2C21H23NOS.2C20H21NOS/c2*1-3-14-10-15-12-17-20(24-13-22-17)21(4-2,19(15)18(23)11-14)16-8-6-5-7-9-16;2*1-3-20(15-7-5-4-6-8-15)18-14(9-13(2)10-17(18)22)11-16-19(20)23-12-21-16/h2*5-9,13-14H,3-4,10-12H2,1-2H3;2*4-8,12-13H,3,9-11H2,1-2H3/t14-,21+;14-,21-;13-,20+;13-,20-/m1010/s1. The third kappa shape index (κ3) is 11.1. The minimum absolute atomic E-state index is 0.289. The molecule has 0 bridgehead atoms. The Morgan fingerprint density at radius 1 is 0.330 bits per heavy atom. The van der Waals surface area contributed by atoms with E-state index in [4.69, 9.17) is 0 Å². The molecular weight excluding hydrogens is 1230 g/mol. The lowest BCUT2D eigenvalue weighted by atomic mass is 9.61. The minimum Gasteiger partial charge on any atom is -0.294 e. The number of aromatic nitrogens is 4. The molecule has 0 radical (unpaired) electrons. The largest absolute Gasteiger partial charge is 0.294 e. The normalized spacial score (nSPS) is 26.6. The number of ketones is 4. The van der Waals surface area contributed by atoms with Gasteiger partial charge in [0.15, 0.2) is 23.1 Å². The lowest BCUT2D eigenvalue weighted by molar-refractivity contribution is -0.118. The van der Waals surface area contributed by atoms with Crippen LogP contribution in [0, 0.1) is 23.7 Å². The van der Waals surface area contributed by atoms with Gasteiger partial charge in [0.25, 0.3) is 0 Å². The number of carbonyl (C=O) groups excluding carboxylic acids is 4. The highest BCUT2D eigenvalue weighted by molar-refractivity contribution is 7.11. The predicted molar refractivity (Wildman–Crippen MR) is 384 cm³/mol. The fraction of sp³-hybridized carbons (Fsp3) is 0.415. The van der Waals surface area contributed by atoms with E-state index in [9.17, 15) is 19.2 Å². The van der Waals surface area contributed by atoms with Crippen molar-refractivity contribution in [3.63, 3.8) is 0 Å². The first-order valence-corrected chi connectivity index (χ1v) is 38.2. The Morgan fingerprint density at radius 2 is 0.564 bits per heavy atom. The first-order valence-electron chi connectivity index (χ1n) is 34.7. The number of hydrogen-bond acceptors (Lipinski definition) is 12. The van der Waals surface area contributed by atoms with Crippen molar-refractivity contribution < 1.29 is 19.2 Å². The van der Waals surface area contributed by atoms with E-state index in [-0.39, 0.29) is 21.7 Å². The molecule has 0 unspecified atom stereocenters. The first-order chi connectivity index (χ1) is 45.7. The summed E-state index contributed by atoms with van der Waals surface area (Å²) < 4.78 is 0. The summed E-state index contributed by atoms with van der Waals surface area (Å²) in [6.45, 7) is 17.6. The highest BCUT2D eigenvalue weighted by Gasteiger charge is 2.53. The summed E-state index contributed by atoms with van der Waals surface area (Å²) in [6.07, 6.45) is 16.2. The van der Waals surface area contributed by atoms with Crippen LogP contribution in [-0.2, 0) is 66.5 Å². The van der Waals surface area contributed by atoms with Crippen LogP contribution in [0.5, 0.6) is 0 Å². The van der Waals surface area contributed by atoms with Crippen molar-refractivity contribution in [2.24, 2.45) is 23.7 Å². The molecule has 0 saturated carbocycles. The molecule has 4 heterocycles. The summed E-state index contributed by atoms with van der Waals surface area (Å²) in [5.74, 6) is 3.34. The molecule has 4 aromatic heterocycles. The van der Waals surface area contributed by atoms with Gasteiger partial charge in [-0.25, -0.2) is 19.9 Å². The van der Waals surface area contributed by atoms with Crippen molar-refractivity contribution in [2.45, 2.75) is 193 Å². The van der Waals surface area contributed by atoms with Crippen molar-refractivity contribution in [1.29, 1.82) is 0 Å². The van der Waals surface area contributed by atoms with Gasteiger partial charge in [0.05, 0.1) is 66.5 Å². The molecule has 0 aliphatic heterocycles. The highest BCUT2D eigenvalue weighted by Crippen LogP contribution is 2.58. The van der Waals surface area contributed by atoms with Crippen LogP contribution in [0.25, 0.3) is 0 Å². The second kappa shape index (κ2) is 27.3. The van der Waals surface area contributed by atoms with E-state index in [1.165, 1.54) is 86.8 Å². The number of fused-ring (bicyclic) bond motifs is 4. The van der Waals surface area contributed by atoms with Crippen LogP contribution in [0.4, 0.5) is 0 Å². The number of nitrogens with zero attached hydrogens (tertiary/aromatic N) is 4. The average molecular weight is 1320 g/mol. The van der Waals surface area contributed by atoms with E-state index < -0.39 is 0 Å². The summed E-state index contributed by atoms with van der Waals surface area (Å²) in [4.78, 5) is 76.3. The Kier molecular flexibility index (Phi) is 19.1. The Bertz CT molecular complexity index is 4010. The zero-order chi connectivity index (χ0) is 65.5. The molecule has 484 valence electrons. The third-order valence-electron chi connectivity index (χ3n) is 22.5. The molecule has 0 N–H and O–H groups in total. The Balaban J connectivity index is 0.000000114. The van der Waals surface area contributed by atoms with Crippen molar-refractivity contribution in [2.75, 3.05) is 0 Å². The maximum Gasteiger partial charge on any atom is 0.160 e. The Hall–Kier alpha value is -6.96. The molecule has 8 nitrogen and oxygen atoms in total. The molecule has 8 aliphatic carbocycles. The van der Waals surface area contributed by atoms with Crippen LogP contribution in [0.1, 0.15) is 210 Å². The van der Waals surface area contributed by atoms with Crippen LogP contribution >= 0.6 is 45.3 Å². The van der Waals surface area contributed by atoms with Gasteiger partial charge in [0.2, 0.25) is 0 Å². The lowest BCUT2D eigenvalue weighted by Gasteiger charge is -2.42. The van der Waals surface area contributed by atoms with Gasteiger partial charge in [-0.05, 0) is 97.3 Å². The second-order valence-corrected chi connectivity index (χ2v) is 31.1. The average Bonchev–Trinajstić information content (AvgIpc) is 1.16. The number of allylic oxidation sites excluding steroid dienone is 8. The first kappa shape index (κ1) is 65.7. The molecule has 8 atom stereocenters. The maximum absolute atomic E-state index is 13.2. The molecule has 16 rings (SSSR count). The SMILES string of the molecule is CC[C@@H]1CC(=O)C2=C(Cc3ncsc3[C@@]2(CC)c2ccccc2)C1.CC[C@H]1CC(=O)C2=C(Cc3ncsc3[C@@]2(CC)c2ccccc2)C1.CC[C@]1(c2ccccc2)C2=C(Cc3ncsc31)C[C@@H](C)CC2=O.CC[C@]1(c2ccccc2)C2=C(Cc3ncsc31)C[C@H](C)CC2=O. The molecule has 94 heavy (non-hydrogen) atoms. The Morgan fingerprint density at radius 3 is 0.798 bits per heavy atom. The number of Topliss-reactive ketones (excluding diaryl/α,β-unsaturated/α-hetero) is 4. The van der Waals surface area contributed by atoms with Crippen molar-refractivity contribution in [1.82, 2.24) is 19.9 Å². The molecule has 8 aliphatic rings. The second-order valence-electron chi connectivity index (χ2n) is 27.7. The van der Waals surface area contributed by atoms with Crippen LogP contribution < -0.4 is 0 Å². The van der Waals surface area contributed by atoms with Crippen molar-refractivity contribution >= 4 is 68.5 Å². The van der Waals surface area contributed by atoms with Gasteiger partial charge >= 0.3 is 0 Å². The van der Waals surface area contributed by atoms with Crippen LogP contribution in [0.3, 0.4) is 0 Å². The topological polar surface area (TPSA) is 120 Å². The zero-order valence-corrected chi connectivity index (χ0v) is 59.2. The number of rotatable bonds is 10. The van der Waals surface area contributed by atoms with Gasteiger partial charge in [-0.15, -0.1) is 45.3 Å². The molecular formula is C82H88N4O4S4. The third-order valence-corrected chi connectivity index (χ3v) is 26.6. The van der Waals surface area contributed by atoms with E-state index in [1.807, 2.05) is 46.3 Å². The highest BCUT2D eigenvalue weighted by atomic mass is 32.1. The van der Waals surface area contributed by atoms with Gasteiger partial charge in [-0.1, -0.05) is 212 Å². The number of hydrogen-bond donors (Lipinski definition) is 0. The van der Waals surface area contributed by atoms with E-state index in [1.54, 1.807) is 45.3 Å². The molecule has 0 saturated heterocycles. The van der Waals surface area contributed by atoms with Crippen molar-refractivity contribution in [3.05, 3.63) is 252 Å². The monoisotopic (exact) mass is 1320 g/mol. The number of thiazole rings is 4. The predicted octanol–water partition coefficient (Wildman–Crippen LogP) is 19.5. The lowest BCUT2D eigenvalue weighted by Crippen LogP contribution is -2.40. The van der Waals surface area contributed by atoms with Gasteiger partial charge in [-0.2, -0.15) is 0 Å². The summed E-state index contributed by atoms with van der Waals surface area (Å²) in [5, 5.41) is 0. The van der Waals surface area contributed by atoms with Gasteiger partial charge < -0.3 is 0 Å². The maximum atomic E-state index is 13.2. The van der Waals surface area contributed by atoms with Gasteiger partial charge in [-0.3, -0.25) is 19.2 Å². The molecule has 0 fully saturated rings. The quantitative estimate of drug-likeness (QED) is 0.133. The molecule has 4 aromatic carbocycles. The summed E-state index contributed by atoms with van der Waals surface area (Å²) in [6, 6.07) is 42.3. The summed E-state index contributed by atoms with van der Waals surface area (Å²) in [5.41, 5.74) is 26.1. The van der Waals surface area contributed by atoms with Crippen LogP contribution in [-0.4, -0.2) is 43.1 Å². The molecule has 0 amide bonds. The van der Waals surface area contributed by atoms with Crippen LogP contribution in [0.2, 0.25) is 0 Å². The van der Waals surface area contributed by atoms with E-state index in [0.29, 0.717) is 72.5 Å². The van der Waals surface area contributed by atoms with Gasteiger partial charge in [0.1, 0.15) is 0 Å². The van der Waals surface area contributed by atoms with Gasteiger partial charge in [0, 0.05) is 93.2 Å². The number of benzene rings is 4. The fourth-order valence-corrected chi connectivity index (χ4v) is 22.8.